The Morgan fingerprint density at radius 3 is 2.59 bits per heavy atom. The highest BCUT2D eigenvalue weighted by Crippen LogP contribution is 2.36. The molecular formula is C18H17NO3. The van der Waals surface area contributed by atoms with E-state index in [4.69, 9.17) is 4.42 Å². The Labute approximate surface area is 128 Å². The average molecular weight is 295 g/mol. The maximum absolute atomic E-state index is 12.5. The van der Waals surface area contributed by atoms with Gasteiger partial charge in [0.1, 0.15) is 11.8 Å². The summed E-state index contributed by atoms with van der Waals surface area (Å²) in [7, 11) is 0. The van der Waals surface area contributed by atoms with Gasteiger partial charge in [0, 0.05) is 12.8 Å². The van der Waals surface area contributed by atoms with E-state index < -0.39 is 6.04 Å². The quantitative estimate of drug-likeness (QED) is 0.947. The molecule has 2 atom stereocenters. The van der Waals surface area contributed by atoms with E-state index in [1.165, 1.54) is 6.92 Å². The van der Waals surface area contributed by atoms with E-state index in [9.17, 15) is 9.59 Å². The molecule has 1 amide bonds. The lowest BCUT2D eigenvalue weighted by Gasteiger charge is -2.29. The predicted octanol–water partition coefficient (Wildman–Crippen LogP) is 2.92. The van der Waals surface area contributed by atoms with Gasteiger partial charge in [0.15, 0.2) is 5.78 Å². The summed E-state index contributed by atoms with van der Waals surface area (Å²) >= 11 is 0. The minimum Gasteiger partial charge on any atom is -0.469 e. The van der Waals surface area contributed by atoms with Gasteiger partial charge in [-0.05, 0) is 35.8 Å². The molecule has 0 bridgehead atoms. The number of benzene rings is 1. The number of hydrogen-bond acceptors (Lipinski definition) is 3. The fraction of sp³-hybridized carbons (Fsp3) is 0.222. The molecule has 4 nitrogen and oxygen atoms in total. The third-order valence-electron chi connectivity index (χ3n) is 3.88. The van der Waals surface area contributed by atoms with Crippen molar-refractivity contribution in [3.8, 4) is 0 Å². The number of furan rings is 1. The molecule has 0 fully saturated rings. The van der Waals surface area contributed by atoms with Gasteiger partial charge in [0.25, 0.3) is 0 Å². The van der Waals surface area contributed by atoms with Gasteiger partial charge in [-0.1, -0.05) is 30.3 Å². The van der Waals surface area contributed by atoms with Gasteiger partial charge in [-0.15, -0.1) is 0 Å². The van der Waals surface area contributed by atoms with E-state index in [2.05, 4.69) is 5.32 Å². The van der Waals surface area contributed by atoms with Gasteiger partial charge in [-0.25, -0.2) is 0 Å². The van der Waals surface area contributed by atoms with Crippen LogP contribution in [-0.2, 0) is 9.59 Å². The zero-order valence-corrected chi connectivity index (χ0v) is 12.3. The molecule has 3 rings (SSSR count). The highest BCUT2D eigenvalue weighted by Gasteiger charge is 2.35. The summed E-state index contributed by atoms with van der Waals surface area (Å²) < 4.78 is 5.49. The summed E-state index contributed by atoms with van der Waals surface area (Å²) in [4.78, 5) is 23.9. The molecule has 1 heterocycles. The van der Waals surface area contributed by atoms with Crippen LogP contribution in [-0.4, -0.2) is 17.7 Å². The average Bonchev–Trinajstić information content (AvgIpc) is 3.04. The summed E-state index contributed by atoms with van der Waals surface area (Å²) in [6.07, 6.45) is 3.87. The lowest BCUT2D eigenvalue weighted by molar-refractivity contribution is -0.125. The maximum Gasteiger partial charge on any atom is 0.217 e. The molecular weight excluding hydrogens is 278 g/mol. The molecule has 1 aromatic carbocycles. The second kappa shape index (κ2) is 6.02. The van der Waals surface area contributed by atoms with Gasteiger partial charge in [0.05, 0.1) is 6.26 Å². The van der Waals surface area contributed by atoms with Crippen LogP contribution in [0.1, 0.15) is 30.6 Å². The third kappa shape index (κ3) is 2.86. The fourth-order valence-electron chi connectivity index (χ4n) is 2.88. The Hall–Kier alpha value is -2.62. The number of carbonyl (C=O) groups is 2. The molecule has 1 aromatic heterocycles. The summed E-state index contributed by atoms with van der Waals surface area (Å²) in [5, 5.41) is 2.75. The Bertz CT molecular complexity index is 701. The predicted molar refractivity (Wildman–Crippen MR) is 83.1 cm³/mol. The number of carbonyl (C=O) groups excluding carboxylic acids is 2. The third-order valence-corrected chi connectivity index (χ3v) is 3.88. The van der Waals surface area contributed by atoms with Crippen LogP contribution >= 0.6 is 0 Å². The lowest BCUT2D eigenvalue weighted by Crippen LogP contribution is -2.45. The van der Waals surface area contributed by atoms with E-state index in [-0.39, 0.29) is 17.6 Å². The molecule has 0 saturated heterocycles. The lowest BCUT2D eigenvalue weighted by atomic mass is 9.80. The highest BCUT2D eigenvalue weighted by atomic mass is 16.3. The summed E-state index contributed by atoms with van der Waals surface area (Å²) in [5.41, 5.74) is 1.99. The van der Waals surface area contributed by atoms with Crippen molar-refractivity contribution < 1.29 is 14.0 Å². The van der Waals surface area contributed by atoms with E-state index in [0.29, 0.717) is 12.2 Å². The first-order valence-corrected chi connectivity index (χ1v) is 7.25. The maximum atomic E-state index is 12.5. The van der Waals surface area contributed by atoms with Crippen LogP contribution < -0.4 is 5.32 Å². The van der Waals surface area contributed by atoms with Crippen LogP contribution in [0.5, 0.6) is 0 Å². The second-order valence-corrected chi connectivity index (χ2v) is 5.44. The smallest absolute Gasteiger partial charge is 0.217 e. The fourth-order valence-corrected chi connectivity index (χ4v) is 2.88. The molecule has 1 aliphatic rings. The molecule has 0 radical (unpaired) electrons. The second-order valence-electron chi connectivity index (χ2n) is 5.44. The first-order chi connectivity index (χ1) is 10.6. The molecule has 2 unspecified atom stereocenters. The van der Waals surface area contributed by atoms with Crippen LogP contribution in [0.4, 0.5) is 0 Å². The van der Waals surface area contributed by atoms with Crippen LogP contribution in [0.3, 0.4) is 0 Å². The minimum absolute atomic E-state index is 0.0956. The van der Waals surface area contributed by atoms with Crippen molar-refractivity contribution in [1.82, 2.24) is 5.32 Å². The molecule has 0 aliphatic heterocycles. The highest BCUT2D eigenvalue weighted by molar-refractivity contribution is 6.04. The Kier molecular flexibility index (Phi) is 3.92. The van der Waals surface area contributed by atoms with Gasteiger partial charge in [-0.2, -0.15) is 0 Å². The largest absolute Gasteiger partial charge is 0.469 e. The molecule has 0 spiro atoms. The van der Waals surface area contributed by atoms with Crippen molar-refractivity contribution in [3.05, 3.63) is 66.1 Å². The number of ketones is 1. The molecule has 0 saturated carbocycles. The van der Waals surface area contributed by atoms with Gasteiger partial charge in [0.2, 0.25) is 5.91 Å². The van der Waals surface area contributed by atoms with E-state index >= 15 is 0 Å². The normalized spacial score (nSPS) is 21.3. The van der Waals surface area contributed by atoms with Crippen molar-refractivity contribution in [2.24, 2.45) is 0 Å². The van der Waals surface area contributed by atoms with E-state index in [0.717, 1.165) is 11.1 Å². The molecule has 1 aliphatic carbocycles. The van der Waals surface area contributed by atoms with Crippen molar-refractivity contribution in [3.63, 3.8) is 0 Å². The van der Waals surface area contributed by atoms with Crippen molar-refractivity contribution >= 4 is 17.3 Å². The molecule has 1 N–H and O–H groups in total. The standard InChI is InChI=1S/C18H17NO3/c1-12(20)19-18-15(17-8-5-9-22-17)10-14(11-16(18)21)13-6-3-2-4-7-13/h2-9,11,15,18H,10H2,1H3,(H,19,20). The van der Waals surface area contributed by atoms with Crippen molar-refractivity contribution in [2.75, 3.05) is 0 Å². The molecule has 112 valence electrons. The van der Waals surface area contributed by atoms with Crippen molar-refractivity contribution in [1.29, 1.82) is 0 Å². The number of allylic oxidation sites excluding steroid dienone is 1. The van der Waals surface area contributed by atoms with Crippen LogP contribution in [0.15, 0.2) is 59.2 Å². The minimum atomic E-state index is -0.573. The van der Waals surface area contributed by atoms with Crippen LogP contribution in [0.25, 0.3) is 5.57 Å². The monoisotopic (exact) mass is 295 g/mol. The van der Waals surface area contributed by atoms with Gasteiger partial charge in [-0.3, -0.25) is 9.59 Å². The van der Waals surface area contributed by atoms with Gasteiger partial charge >= 0.3 is 0 Å². The van der Waals surface area contributed by atoms with Crippen molar-refractivity contribution in [2.45, 2.75) is 25.3 Å². The Morgan fingerprint density at radius 1 is 1.18 bits per heavy atom. The number of nitrogens with one attached hydrogen (secondary N) is 1. The van der Waals surface area contributed by atoms with Gasteiger partial charge < -0.3 is 9.73 Å². The topological polar surface area (TPSA) is 59.3 Å². The zero-order chi connectivity index (χ0) is 15.5. The zero-order valence-electron chi connectivity index (χ0n) is 12.3. The molecule has 4 heteroatoms. The van der Waals surface area contributed by atoms with E-state index in [1.54, 1.807) is 18.4 Å². The Balaban J connectivity index is 1.97. The van der Waals surface area contributed by atoms with Crippen LogP contribution in [0, 0.1) is 0 Å². The van der Waals surface area contributed by atoms with E-state index in [1.807, 2.05) is 36.4 Å². The summed E-state index contributed by atoms with van der Waals surface area (Å²) in [6.45, 7) is 1.42. The Morgan fingerprint density at radius 2 is 1.95 bits per heavy atom. The first-order valence-electron chi connectivity index (χ1n) is 7.25. The number of amides is 1. The number of hydrogen-bond donors (Lipinski definition) is 1. The van der Waals surface area contributed by atoms with Crippen LogP contribution in [0.2, 0.25) is 0 Å². The summed E-state index contributed by atoms with van der Waals surface area (Å²) in [6, 6.07) is 12.9. The first kappa shape index (κ1) is 14.3. The molecule has 22 heavy (non-hydrogen) atoms. The molecule has 2 aromatic rings. The SMILES string of the molecule is CC(=O)NC1C(=O)C=C(c2ccccc2)CC1c1ccco1. The summed E-state index contributed by atoms with van der Waals surface area (Å²) in [5.74, 6) is 0.216. The number of rotatable bonds is 3.